The van der Waals surface area contributed by atoms with Gasteiger partial charge < -0.3 is 4.43 Å². The number of benzene rings is 1. The molecule has 27 heavy (non-hydrogen) atoms. The average molecular weight is 543 g/mol. The number of halogens is 1. The second-order valence-corrected chi connectivity index (χ2v) is 24.7. The van der Waals surface area contributed by atoms with Crippen LogP contribution in [0.5, 0.6) is 0 Å². The molecule has 0 fully saturated rings. The Morgan fingerprint density at radius 3 is 1.89 bits per heavy atom. The molecule has 0 amide bonds. The second kappa shape index (κ2) is 9.05. The molecule has 1 nitrogen and oxygen atoms in total. The van der Waals surface area contributed by atoms with Crippen molar-refractivity contribution in [2.75, 3.05) is 0 Å². The summed E-state index contributed by atoms with van der Waals surface area (Å²) in [5.41, 5.74) is 0. The highest BCUT2D eigenvalue weighted by atomic mass is 127. The lowest BCUT2D eigenvalue weighted by molar-refractivity contribution is 0.217. The van der Waals surface area contributed by atoms with E-state index in [1.165, 1.54) is 14.2 Å². The van der Waals surface area contributed by atoms with Crippen LogP contribution in [-0.4, -0.2) is 25.5 Å². The first-order valence-electron chi connectivity index (χ1n) is 9.33. The van der Waals surface area contributed by atoms with E-state index in [4.69, 9.17) is 4.43 Å². The van der Waals surface area contributed by atoms with Crippen LogP contribution >= 0.6 is 45.3 Å². The molecule has 6 heteroatoms. The molecular weight excluding hydrogens is 515 g/mol. The molecule has 0 unspecified atom stereocenters. The highest BCUT2D eigenvalue weighted by Crippen LogP contribution is 2.28. The van der Waals surface area contributed by atoms with Gasteiger partial charge in [-0.3, -0.25) is 0 Å². The van der Waals surface area contributed by atoms with Crippen LogP contribution in [0.25, 0.3) is 0 Å². The number of hydrogen-bond acceptors (Lipinski definition) is 3. The average Bonchev–Trinajstić information content (AvgIpc) is 3.34. The number of hydrogen-bond donors (Lipinski definition) is 0. The third kappa shape index (κ3) is 4.35. The van der Waals surface area contributed by atoms with Gasteiger partial charge >= 0.3 is 0 Å². The van der Waals surface area contributed by atoms with Crippen LogP contribution in [0.15, 0.2) is 65.4 Å². The van der Waals surface area contributed by atoms with Crippen molar-refractivity contribution in [3.05, 3.63) is 65.4 Å². The van der Waals surface area contributed by atoms with E-state index in [1.54, 1.807) is 0 Å². The molecule has 0 aliphatic heterocycles. The molecule has 2 aromatic heterocycles. The molecule has 2 atom stereocenters. The van der Waals surface area contributed by atoms with Crippen LogP contribution in [-0.2, 0) is 4.43 Å². The lowest BCUT2D eigenvalue weighted by Crippen LogP contribution is -2.79. The van der Waals surface area contributed by atoms with Crippen molar-refractivity contribution in [1.29, 1.82) is 0 Å². The fraction of sp³-hybridized carbons (Fsp3) is 0.333. The Labute approximate surface area is 186 Å². The molecule has 0 saturated heterocycles. The summed E-state index contributed by atoms with van der Waals surface area (Å²) < 4.78 is 10.8. The van der Waals surface area contributed by atoms with Gasteiger partial charge in [0.25, 0.3) is 7.83 Å². The maximum atomic E-state index is 7.27. The van der Waals surface area contributed by atoms with Crippen LogP contribution in [0, 0.1) is 0 Å². The molecule has 3 aromatic rings. The van der Waals surface area contributed by atoms with Crippen LogP contribution in [0.3, 0.4) is 0 Å². The summed E-state index contributed by atoms with van der Waals surface area (Å²) in [4.78, 5) is 0. The van der Waals surface area contributed by atoms with Gasteiger partial charge in [0.1, 0.15) is 7.59 Å². The normalized spacial score (nSPS) is 14.9. The highest BCUT2D eigenvalue weighted by Gasteiger charge is 2.57. The molecule has 0 radical (unpaired) electrons. The van der Waals surface area contributed by atoms with Crippen LogP contribution in [0.1, 0.15) is 20.3 Å². The molecule has 3 rings (SSSR count). The van der Waals surface area contributed by atoms with Crippen molar-refractivity contribution in [2.45, 2.75) is 43.4 Å². The van der Waals surface area contributed by atoms with E-state index < -0.39 is 15.4 Å². The lowest BCUT2D eigenvalue weighted by Gasteiger charge is -2.44. The third-order valence-electron chi connectivity index (χ3n) is 5.15. The summed E-state index contributed by atoms with van der Waals surface area (Å²) in [7, 11) is -4.32. The van der Waals surface area contributed by atoms with E-state index in [0.29, 0.717) is 3.92 Å². The Balaban J connectivity index is 2.21. The number of rotatable bonds is 8. The molecule has 0 aliphatic carbocycles. The topological polar surface area (TPSA) is 9.23 Å². The quantitative estimate of drug-likeness (QED) is 0.217. The van der Waals surface area contributed by atoms with Gasteiger partial charge in [-0.05, 0) is 36.2 Å². The summed E-state index contributed by atoms with van der Waals surface area (Å²) in [6.45, 7) is 9.59. The maximum absolute atomic E-state index is 7.27. The maximum Gasteiger partial charge on any atom is 0.264 e. The van der Waals surface area contributed by atoms with E-state index in [2.05, 4.69) is 115 Å². The zero-order chi connectivity index (χ0) is 19.5. The smallest absolute Gasteiger partial charge is 0.264 e. The first-order valence-corrected chi connectivity index (χ1v) is 18.2. The van der Waals surface area contributed by atoms with Gasteiger partial charge in [0.05, 0.1) is 0 Å². The SMILES string of the molecule is C[C@H](C[C@@H](C)I)O[Si](c1cccs1)(c1cccs1)[Si](C)(C)c1ccccc1. The molecule has 0 bridgehead atoms. The fourth-order valence-electron chi connectivity index (χ4n) is 3.82. The van der Waals surface area contributed by atoms with Gasteiger partial charge in [-0.15, -0.1) is 0 Å². The zero-order valence-electron chi connectivity index (χ0n) is 16.3. The van der Waals surface area contributed by atoms with Crippen molar-refractivity contribution in [3.63, 3.8) is 0 Å². The van der Waals surface area contributed by atoms with Crippen LogP contribution < -0.4 is 14.2 Å². The molecule has 1 aromatic carbocycles. The van der Waals surface area contributed by atoms with Crippen molar-refractivity contribution < 1.29 is 4.43 Å². The van der Waals surface area contributed by atoms with Gasteiger partial charge in [-0.2, -0.15) is 22.7 Å². The van der Waals surface area contributed by atoms with Gasteiger partial charge in [-0.1, -0.05) is 90.3 Å². The predicted molar refractivity (Wildman–Crippen MR) is 136 cm³/mol. The summed E-state index contributed by atoms with van der Waals surface area (Å²) in [6.07, 6.45) is 1.34. The van der Waals surface area contributed by atoms with Crippen LogP contribution in [0.4, 0.5) is 0 Å². The Morgan fingerprint density at radius 1 is 0.889 bits per heavy atom. The van der Waals surface area contributed by atoms with Crippen molar-refractivity contribution in [1.82, 2.24) is 0 Å². The molecule has 0 saturated carbocycles. The zero-order valence-corrected chi connectivity index (χ0v) is 22.1. The molecule has 0 aliphatic rings. The van der Waals surface area contributed by atoms with E-state index in [9.17, 15) is 0 Å². The summed E-state index contributed by atoms with van der Waals surface area (Å²) in [5, 5.41) is 5.93. The molecule has 2 heterocycles. The predicted octanol–water partition coefficient (Wildman–Crippen LogP) is 5.18. The summed E-state index contributed by atoms with van der Waals surface area (Å²) >= 11 is 6.29. The Kier molecular flexibility index (Phi) is 7.19. The minimum absolute atomic E-state index is 0.253. The van der Waals surface area contributed by atoms with Gasteiger partial charge in [0.2, 0.25) is 0 Å². The number of alkyl halides is 1. The summed E-state index contributed by atoms with van der Waals surface area (Å²) in [6, 6.07) is 20.2. The molecule has 144 valence electrons. The largest absolute Gasteiger partial charge is 0.406 e. The molecule has 0 spiro atoms. The van der Waals surface area contributed by atoms with E-state index in [0.717, 1.165) is 6.42 Å². The van der Waals surface area contributed by atoms with Gasteiger partial charge in [0, 0.05) is 19.0 Å². The molecule has 0 N–H and O–H groups in total. The first-order chi connectivity index (χ1) is 12.9. The number of thiophene rings is 2. The van der Waals surface area contributed by atoms with Gasteiger partial charge in [0.15, 0.2) is 0 Å². The monoisotopic (exact) mass is 542 g/mol. The summed E-state index contributed by atoms with van der Waals surface area (Å²) in [5.74, 6) is 0. The highest BCUT2D eigenvalue weighted by molar-refractivity contribution is 14.1. The molecular formula is C21H27IOS2Si2. The minimum atomic E-state index is -2.37. The second-order valence-electron chi connectivity index (χ2n) is 7.57. The van der Waals surface area contributed by atoms with E-state index in [1.807, 2.05) is 22.7 Å². The van der Waals surface area contributed by atoms with Crippen molar-refractivity contribution in [2.24, 2.45) is 0 Å². The van der Waals surface area contributed by atoms with Gasteiger partial charge in [-0.25, -0.2) is 0 Å². The fourth-order valence-corrected chi connectivity index (χ4v) is 26.2. The van der Waals surface area contributed by atoms with E-state index >= 15 is 0 Å². The van der Waals surface area contributed by atoms with Crippen LogP contribution in [0.2, 0.25) is 13.1 Å². The Hall–Kier alpha value is -0.256. The Morgan fingerprint density at radius 2 is 1.44 bits per heavy atom. The van der Waals surface area contributed by atoms with Crippen molar-refractivity contribution in [3.8, 4) is 0 Å². The Bertz CT molecular complexity index is 783. The van der Waals surface area contributed by atoms with Crippen molar-refractivity contribution >= 4 is 74.9 Å². The lowest BCUT2D eigenvalue weighted by atomic mass is 10.2. The minimum Gasteiger partial charge on any atom is -0.406 e. The third-order valence-corrected chi connectivity index (χ3v) is 24.7. The standard InChI is InChI=1S/C21H27IOS2Si2/c1-17(22)16-18(2)23-27(20-12-8-14-24-20,21-13-9-15-25-21)26(3,4)19-10-6-5-7-11-19/h5-15,17-18H,16H2,1-4H3/t17-,18-/m1/s1. The first kappa shape index (κ1) is 21.5. The van der Waals surface area contributed by atoms with E-state index in [-0.39, 0.29) is 6.10 Å².